The van der Waals surface area contributed by atoms with Crippen molar-refractivity contribution in [3.63, 3.8) is 0 Å². The van der Waals surface area contributed by atoms with Gasteiger partial charge in [-0.05, 0) is 5.56 Å². The maximum atomic E-state index is 10.9. The van der Waals surface area contributed by atoms with Crippen LogP contribution in [0.25, 0.3) is 0 Å². The molecule has 0 fully saturated rings. The third-order valence-corrected chi connectivity index (χ3v) is 2.18. The summed E-state index contributed by atoms with van der Waals surface area (Å²) in [6, 6.07) is 9.06. The van der Waals surface area contributed by atoms with Crippen LogP contribution in [0.3, 0.4) is 0 Å². The molecule has 1 unspecified atom stereocenters. The van der Waals surface area contributed by atoms with E-state index in [1.165, 1.54) is 6.08 Å². The second-order valence-corrected chi connectivity index (χ2v) is 4.47. The lowest BCUT2D eigenvalue weighted by Gasteiger charge is -2.11. The molecule has 0 bridgehead atoms. The maximum Gasteiger partial charge on any atom is 0.265 e. The smallest absolute Gasteiger partial charge is 0.258 e. The molecule has 0 saturated carbocycles. The summed E-state index contributed by atoms with van der Waals surface area (Å²) in [6.07, 6.45) is 1.87. The molecular formula is C10H12O3S. The van der Waals surface area contributed by atoms with Gasteiger partial charge in [-0.1, -0.05) is 36.4 Å². The summed E-state index contributed by atoms with van der Waals surface area (Å²) in [6.45, 7) is 3.53. The zero-order chi connectivity index (χ0) is 10.6. The van der Waals surface area contributed by atoms with E-state index in [2.05, 4.69) is 6.58 Å². The van der Waals surface area contributed by atoms with Crippen LogP contribution in [-0.4, -0.2) is 14.7 Å². The molecule has 0 aliphatic heterocycles. The fourth-order valence-corrected chi connectivity index (χ4v) is 1.63. The van der Waals surface area contributed by atoms with E-state index in [0.717, 1.165) is 11.8 Å². The van der Waals surface area contributed by atoms with Crippen LogP contribution < -0.4 is 0 Å². The lowest BCUT2D eigenvalue weighted by Crippen LogP contribution is -2.08. The summed E-state index contributed by atoms with van der Waals surface area (Å²) in [5.41, 5.74) is 0.771. The minimum atomic E-state index is -3.45. The second-order valence-electron chi connectivity index (χ2n) is 2.87. The zero-order valence-electron chi connectivity index (χ0n) is 7.88. The van der Waals surface area contributed by atoms with Crippen LogP contribution in [0.2, 0.25) is 0 Å². The van der Waals surface area contributed by atoms with E-state index >= 15 is 0 Å². The van der Waals surface area contributed by atoms with Crippen molar-refractivity contribution in [2.24, 2.45) is 0 Å². The van der Waals surface area contributed by atoms with E-state index in [0.29, 0.717) is 0 Å². The van der Waals surface area contributed by atoms with Crippen molar-refractivity contribution < 1.29 is 12.6 Å². The van der Waals surface area contributed by atoms with Gasteiger partial charge in [0.2, 0.25) is 0 Å². The van der Waals surface area contributed by atoms with Gasteiger partial charge in [0.1, 0.15) is 6.10 Å². The molecule has 1 aromatic rings. The molecule has 0 aliphatic rings. The molecule has 76 valence electrons. The molecule has 3 nitrogen and oxygen atoms in total. The molecule has 1 aromatic carbocycles. The Kier molecular flexibility index (Phi) is 3.43. The van der Waals surface area contributed by atoms with Gasteiger partial charge < -0.3 is 0 Å². The fraction of sp³-hybridized carbons (Fsp3) is 0.200. The number of rotatable bonds is 4. The van der Waals surface area contributed by atoms with Gasteiger partial charge in [0.25, 0.3) is 10.1 Å². The van der Waals surface area contributed by atoms with Gasteiger partial charge in [-0.25, -0.2) is 0 Å². The van der Waals surface area contributed by atoms with Crippen molar-refractivity contribution >= 4 is 10.1 Å². The van der Waals surface area contributed by atoms with Gasteiger partial charge in [0.15, 0.2) is 0 Å². The molecule has 0 heterocycles. The molecule has 4 heteroatoms. The van der Waals surface area contributed by atoms with E-state index in [9.17, 15) is 8.42 Å². The molecule has 0 radical (unpaired) electrons. The highest BCUT2D eigenvalue weighted by atomic mass is 32.2. The van der Waals surface area contributed by atoms with Crippen LogP contribution in [-0.2, 0) is 14.3 Å². The minimum Gasteiger partial charge on any atom is -0.258 e. The van der Waals surface area contributed by atoms with Gasteiger partial charge in [-0.15, -0.1) is 6.58 Å². The summed E-state index contributed by atoms with van der Waals surface area (Å²) in [5, 5.41) is 0. The van der Waals surface area contributed by atoms with Crippen LogP contribution in [0, 0.1) is 0 Å². The topological polar surface area (TPSA) is 43.4 Å². The highest BCUT2D eigenvalue weighted by Crippen LogP contribution is 2.19. The molecule has 0 amide bonds. The zero-order valence-corrected chi connectivity index (χ0v) is 8.70. The monoisotopic (exact) mass is 212 g/mol. The highest BCUT2D eigenvalue weighted by molar-refractivity contribution is 7.86. The first-order valence-corrected chi connectivity index (χ1v) is 5.90. The summed E-state index contributed by atoms with van der Waals surface area (Å²) >= 11 is 0. The molecule has 1 atom stereocenters. The van der Waals surface area contributed by atoms with E-state index in [1.807, 2.05) is 18.2 Å². The Balaban J connectivity index is 2.89. The van der Waals surface area contributed by atoms with Crippen LogP contribution in [0.1, 0.15) is 11.7 Å². The third kappa shape index (κ3) is 3.32. The Labute approximate surface area is 84.1 Å². The first-order chi connectivity index (χ1) is 6.53. The van der Waals surface area contributed by atoms with E-state index < -0.39 is 16.2 Å². The predicted octanol–water partition coefficient (Wildman–Crippen LogP) is 1.89. The number of hydrogen-bond acceptors (Lipinski definition) is 3. The number of benzene rings is 1. The molecule has 0 aliphatic carbocycles. The second kappa shape index (κ2) is 4.39. The SMILES string of the molecule is C=CC(OS(C)(=O)=O)c1ccccc1. The normalized spacial score (nSPS) is 13.5. The fourth-order valence-electron chi connectivity index (χ4n) is 1.06. The Bertz CT molecular complexity index is 395. The largest absolute Gasteiger partial charge is 0.265 e. The Hall–Kier alpha value is -1.13. The quantitative estimate of drug-likeness (QED) is 0.565. The van der Waals surface area contributed by atoms with E-state index in [4.69, 9.17) is 4.18 Å². The first-order valence-electron chi connectivity index (χ1n) is 4.08. The van der Waals surface area contributed by atoms with Crippen LogP contribution >= 0.6 is 0 Å². The molecule has 0 spiro atoms. The van der Waals surface area contributed by atoms with Gasteiger partial charge in [0, 0.05) is 0 Å². The Morgan fingerprint density at radius 3 is 2.36 bits per heavy atom. The van der Waals surface area contributed by atoms with Crippen LogP contribution in [0.5, 0.6) is 0 Å². The van der Waals surface area contributed by atoms with Crippen molar-refractivity contribution in [1.82, 2.24) is 0 Å². The highest BCUT2D eigenvalue weighted by Gasteiger charge is 2.13. The summed E-state index contributed by atoms with van der Waals surface area (Å²) in [7, 11) is -3.45. The standard InChI is InChI=1S/C10H12O3S/c1-3-10(13-14(2,11)12)9-7-5-4-6-8-9/h3-8,10H,1H2,2H3. The Morgan fingerprint density at radius 2 is 1.93 bits per heavy atom. The van der Waals surface area contributed by atoms with Gasteiger partial charge in [-0.3, -0.25) is 4.18 Å². The summed E-state index contributed by atoms with van der Waals surface area (Å²) in [4.78, 5) is 0. The molecule has 0 N–H and O–H groups in total. The predicted molar refractivity (Wildman–Crippen MR) is 55.3 cm³/mol. The lowest BCUT2D eigenvalue weighted by molar-refractivity contribution is 0.264. The van der Waals surface area contributed by atoms with E-state index in [1.54, 1.807) is 12.1 Å². The van der Waals surface area contributed by atoms with Crippen molar-refractivity contribution in [3.8, 4) is 0 Å². The number of hydrogen-bond donors (Lipinski definition) is 0. The van der Waals surface area contributed by atoms with Gasteiger partial charge in [0.05, 0.1) is 6.26 Å². The average molecular weight is 212 g/mol. The summed E-state index contributed by atoms with van der Waals surface area (Å²) < 4.78 is 26.6. The molecule has 1 rings (SSSR count). The van der Waals surface area contributed by atoms with Crippen LogP contribution in [0.4, 0.5) is 0 Å². The van der Waals surface area contributed by atoms with Crippen molar-refractivity contribution in [2.75, 3.05) is 6.26 Å². The lowest BCUT2D eigenvalue weighted by atomic mass is 10.1. The van der Waals surface area contributed by atoms with Crippen molar-refractivity contribution in [3.05, 3.63) is 48.6 Å². The molecule has 0 saturated heterocycles. The average Bonchev–Trinajstić information content (AvgIpc) is 2.14. The molecular weight excluding hydrogens is 200 g/mol. The maximum absolute atomic E-state index is 10.9. The first kappa shape index (κ1) is 10.9. The molecule has 14 heavy (non-hydrogen) atoms. The van der Waals surface area contributed by atoms with Gasteiger partial charge in [-0.2, -0.15) is 8.42 Å². The third-order valence-electron chi connectivity index (χ3n) is 1.62. The van der Waals surface area contributed by atoms with Gasteiger partial charge >= 0.3 is 0 Å². The summed E-state index contributed by atoms with van der Waals surface area (Å²) in [5.74, 6) is 0. The van der Waals surface area contributed by atoms with Crippen molar-refractivity contribution in [2.45, 2.75) is 6.10 Å². The van der Waals surface area contributed by atoms with Crippen LogP contribution in [0.15, 0.2) is 43.0 Å². The van der Waals surface area contributed by atoms with E-state index in [-0.39, 0.29) is 0 Å². The van der Waals surface area contributed by atoms with Crippen molar-refractivity contribution in [1.29, 1.82) is 0 Å². The Morgan fingerprint density at radius 1 is 1.36 bits per heavy atom. The molecule has 0 aromatic heterocycles. The minimum absolute atomic E-state index is 0.605.